The first-order chi connectivity index (χ1) is 10.1. The van der Waals surface area contributed by atoms with E-state index in [1.54, 1.807) is 27.7 Å². The van der Waals surface area contributed by atoms with Gasteiger partial charge in [-0.25, -0.2) is 14.6 Å². The second-order valence-corrected chi connectivity index (χ2v) is 5.62. The largest absolute Gasteiger partial charge is 0.460 e. The van der Waals surface area contributed by atoms with Gasteiger partial charge in [-0.1, -0.05) is 0 Å². The number of hydrogen-bond acceptors (Lipinski definition) is 6. The zero-order chi connectivity index (χ0) is 16.9. The minimum Gasteiger partial charge on any atom is -0.460 e. The molecular formula is C13H22N4O5. The molecule has 1 fully saturated rings. The van der Waals surface area contributed by atoms with E-state index in [0.717, 1.165) is 5.01 Å². The maximum atomic E-state index is 12.0. The summed E-state index contributed by atoms with van der Waals surface area (Å²) in [6, 6.07) is 0. The van der Waals surface area contributed by atoms with E-state index in [9.17, 15) is 14.4 Å². The van der Waals surface area contributed by atoms with Crippen molar-refractivity contribution in [2.24, 2.45) is 10.8 Å². The fraction of sp³-hybridized carbons (Fsp3) is 0.692. The maximum absolute atomic E-state index is 12.0. The number of ether oxygens (including phenoxy) is 2. The first-order valence-corrected chi connectivity index (χ1v) is 6.93. The smallest absolute Gasteiger partial charge is 0.410 e. The predicted molar refractivity (Wildman–Crippen MR) is 77.8 cm³/mol. The lowest BCUT2D eigenvalue weighted by Crippen LogP contribution is -2.52. The number of carbonyl (C=O) groups excluding carboxylic acids is 3. The zero-order valence-corrected chi connectivity index (χ0v) is 13.3. The Labute approximate surface area is 129 Å². The lowest BCUT2D eigenvalue weighted by atomic mass is 10.2. The van der Waals surface area contributed by atoms with Crippen LogP contribution in [0.15, 0.2) is 5.10 Å². The molecule has 9 nitrogen and oxygen atoms in total. The van der Waals surface area contributed by atoms with E-state index in [0.29, 0.717) is 0 Å². The lowest BCUT2D eigenvalue weighted by Gasteiger charge is -2.32. The van der Waals surface area contributed by atoms with Crippen LogP contribution >= 0.6 is 0 Å². The summed E-state index contributed by atoms with van der Waals surface area (Å²) in [5.74, 6) is -1.64. The van der Waals surface area contributed by atoms with Gasteiger partial charge in [-0.3, -0.25) is 9.69 Å². The van der Waals surface area contributed by atoms with Gasteiger partial charge in [-0.15, -0.1) is 5.10 Å². The molecule has 0 aromatic rings. The number of hydrogen-bond donors (Lipinski definition) is 1. The molecule has 1 aliphatic rings. The molecule has 0 bridgehead atoms. The number of amidine groups is 1. The van der Waals surface area contributed by atoms with Crippen LogP contribution in [0.5, 0.6) is 0 Å². The van der Waals surface area contributed by atoms with Crippen LogP contribution in [0, 0.1) is 0 Å². The Bertz CT molecular complexity index is 483. The molecule has 2 amide bonds. The van der Waals surface area contributed by atoms with Gasteiger partial charge in [-0.2, -0.15) is 0 Å². The van der Waals surface area contributed by atoms with Crippen molar-refractivity contribution in [1.82, 2.24) is 9.91 Å². The average Bonchev–Trinajstić information content (AvgIpc) is 2.39. The first-order valence-electron chi connectivity index (χ1n) is 6.93. The minimum absolute atomic E-state index is 0.123. The fourth-order valence-corrected chi connectivity index (χ4v) is 1.63. The Hall–Kier alpha value is -2.32. The summed E-state index contributed by atoms with van der Waals surface area (Å²) < 4.78 is 9.87. The van der Waals surface area contributed by atoms with Gasteiger partial charge in [-0.05, 0) is 27.7 Å². The van der Waals surface area contributed by atoms with Crippen LogP contribution in [-0.2, 0) is 19.1 Å². The average molecular weight is 314 g/mol. The van der Waals surface area contributed by atoms with Gasteiger partial charge in [0, 0.05) is 6.54 Å². The van der Waals surface area contributed by atoms with Crippen molar-refractivity contribution in [2.45, 2.75) is 33.3 Å². The molecule has 1 saturated heterocycles. The molecule has 0 aliphatic carbocycles. The summed E-state index contributed by atoms with van der Waals surface area (Å²) in [6.45, 7) is 7.20. The van der Waals surface area contributed by atoms with Crippen molar-refractivity contribution >= 4 is 23.8 Å². The van der Waals surface area contributed by atoms with Gasteiger partial charge in [0.1, 0.15) is 12.1 Å². The zero-order valence-electron chi connectivity index (χ0n) is 13.3. The van der Waals surface area contributed by atoms with Crippen molar-refractivity contribution in [3.8, 4) is 0 Å². The topological polar surface area (TPSA) is 115 Å². The van der Waals surface area contributed by atoms with Gasteiger partial charge in [0.2, 0.25) is 5.84 Å². The molecule has 1 rings (SSSR count). The molecule has 22 heavy (non-hydrogen) atoms. The molecule has 124 valence electrons. The van der Waals surface area contributed by atoms with E-state index in [-0.39, 0.29) is 26.2 Å². The van der Waals surface area contributed by atoms with E-state index >= 15 is 0 Å². The van der Waals surface area contributed by atoms with Crippen LogP contribution in [0.1, 0.15) is 27.7 Å². The third-order valence-corrected chi connectivity index (χ3v) is 2.56. The van der Waals surface area contributed by atoms with Crippen LogP contribution < -0.4 is 5.73 Å². The number of hydrazone groups is 1. The molecule has 1 heterocycles. The molecule has 0 unspecified atom stereocenters. The van der Waals surface area contributed by atoms with Crippen LogP contribution in [0.3, 0.4) is 0 Å². The second-order valence-electron chi connectivity index (χ2n) is 5.62. The Morgan fingerprint density at radius 2 is 1.95 bits per heavy atom. The lowest BCUT2D eigenvalue weighted by molar-refractivity contribution is -0.136. The minimum atomic E-state index is -0.787. The summed E-state index contributed by atoms with van der Waals surface area (Å²) in [5, 5.41) is 4.78. The number of piperazine rings is 1. The third kappa shape index (κ3) is 5.23. The van der Waals surface area contributed by atoms with E-state index in [2.05, 4.69) is 9.84 Å². The number of rotatable bonds is 2. The highest BCUT2D eigenvalue weighted by Gasteiger charge is 2.30. The number of amides is 2. The number of nitrogens with zero attached hydrogens (tertiary/aromatic N) is 3. The van der Waals surface area contributed by atoms with E-state index in [1.807, 2.05) is 0 Å². The molecule has 0 aromatic carbocycles. The molecule has 1 aliphatic heterocycles. The highest BCUT2D eigenvalue weighted by Crippen LogP contribution is 2.12. The van der Waals surface area contributed by atoms with Crippen LogP contribution in [0.2, 0.25) is 0 Å². The summed E-state index contributed by atoms with van der Waals surface area (Å²) in [7, 11) is 0. The quantitative estimate of drug-likeness (QED) is 0.432. The number of carbonyl (C=O) groups is 3. The van der Waals surface area contributed by atoms with Crippen LogP contribution in [0.25, 0.3) is 0 Å². The fourth-order valence-electron chi connectivity index (χ4n) is 1.63. The van der Waals surface area contributed by atoms with Crippen LogP contribution in [0.4, 0.5) is 4.79 Å². The molecule has 0 radical (unpaired) electrons. The molecule has 9 heteroatoms. The molecule has 0 aromatic heterocycles. The van der Waals surface area contributed by atoms with Crippen molar-refractivity contribution in [1.29, 1.82) is 0 Å². The molecular weight excluding hydrogens is 292 g/mol. The molecule has 2 N–H and O–H groups in total. The second kappa shape index (κ2) is 7.10. The van der Waals surface area contributed by atoms with E-state index in [4.69, 9.17) is 10.5 Å². The first kappa shape index (κ1) is 17.7. The highest BCUT2D eigenvalue weighted by molar-refractivity contribution is 6.34. The van der Waals surface area contributed by atoms with Gasteiger partial charge < -0.3 is 15.2 Å². The van der Waals surface area contributed by atoms with Crippen molar-refractivity contribution < 1.29 is 23.9 Å². The third-order valence-electron chi connectivity index (χ3n) is 2.56. The van der Waals surface area contributed by atoms with Crippen LogP contribution in [-0.4, -0.2) is 65.6 Å². The summed E-state index contributed by atoms with van der Waals surface area (Å²) in [5.41, 5.74) is 4.82. The van der Waals surface area contributed by atoms with Crippen molar-refractivity contribution in [3.05, 3.63) is 0 Å². The SMILES string of the molecule is CCOC(=O)/C(N)=N/N1CCN(C(=O)OC(C)(C)C)CC1=O. The van der Waals surface area contributed by atoms with Gasteiger partial charge >= 0.3 is 12.1 Å². The highest BCUT2D eigenvalue weighted by atomic mass is 16.6. The Kier molecular flexibility index (Phi) is 5.72. The molecule has 0 saturated carbocycles. The number of nitrogens with two attached hydrogens (primary N) is 1. The Balaban J connectivity index is 2.63. The predicted octanol–water partition coefficient (Wildman–Crippen LogP) is -0.0990. The summed E-state index contributed by atoms with van der Waals surface area (Å²) in [4.78, 5) is 36.5. The Morgan fingerprint density at radius 3 is 2.45 bits per heavy atom. The van der Waals surface area contributed by atoms with Gasteiger partial charge in [0.25, 0.3) is 5.91 Å². The normalized spacial score (nSPS) is 16.5. The number of esters is 1. The summed E-state index contributed by atoms with van der Waals surface area (Å²) in [6.07, 6.45) is -0.567. The van der Waals surface area contributed by atoms with Crippen molar-refractivity contribution in [2.75, 3.05) is 26.2 Å². The van der Waals surface area contributed by atoms with Gasteiger partial charge in [0.15, 0.2) is 0 Å². The summed E-state index contributed by atoms with van der Waals surface area (Å²) >= 11 is 0. The van der Waals surface area contributed by atoms with E-state index < -0.39 is 29.4 Å². The Morgan fingerprint density at radius 1 is 1.32 bits per heavy atom. The van der Waals surface area contributed by atoms with Crippen molar-refractivity contribution in [3.63, 3.8) is 0 Å². The molecule has 0 atom stereocenters. The monoisotopic (exact) mass is 314 g/mol. The standard InChI is InChI=1S/C13H22N4O5/c1-5-21-11(19)10(14)15-17-7-6-16(8-9(17)18)12(20)22-13(2,3)4/h5-8H2,1-4H3,(H2,14,15). The maximum Gasteiger partial charge on any atom is 0.410 e. The molecule has 0 spiro atoms. The van der Waals surface area contributed by atoms with E-state index in [1.165, 1.54) is 4.90 Å². The van der Waals surface area contributed by atoms with Gasteiger partial charge in [0.05, 0.1) is 13.2 Å².